The van der Waals surface area contributed by atoms with Gasteiger partial charge in [0.2, 0.25) is 0 Å². The van der Waals surface area contributed by atoms with Crippen molar-refractivity contribution in [2.24, 2.45) is 10.7 Å². The van der Waals surface area contributed by atoms with E-state index in [1.165, 1.54) is 0 Å². The number of nitrogens with one attached hydrogen (secondary N) is 1. The molecule has 0 heterocycles. The van der Waals surface area contributed by atoms with Crippen molar-refractivity contribution in [3.63, 3.8) is 0 Å². The molecular formula is C8H15N3. The van der Waals surface area contributed by atoms with Crippen LogP contribution in [0.3, 0.4) is 0 Å². The normalized spacial score (nSPS) is 14.8. The van der Waals surface area contributed by atoms with Gasteiger partial charge in [-0.3, -0.25) is 0 Å². The Balaban J connectivity index is 4.58. The van der Waals surface area contributed by atoms with Crippen molar-refractivity contribution < 1.29 is 0 Å². The third kappa shape index (κ3) is 2.55. The van der Waals surface area contributed by atoms with Crippen LogP contribution in [0.2, 0.25) is 0 Å². The standard InChI is InChI=1S/C8H15N3/c1-5-7(9)6(2)8(10-3)11-4/h5,7,11H,1,3,9H2,2,4H3/b8-6+. The number of aliphatic imine (C=N–C) groups is 1. The Bertz CT molecular complexity index is 182. The molecule has 0 rings (SSSR count). The van der Waals surface area contributed by atoms with Crippen molar-refractivity contribution in [1.29, 1.82) is 0 Å². The molecule has 62 valence electrons. The van der Waals surface area contributed by atoms with Crippen molar-refractivity contribution in [1.82, 2.24) is 5.32 Å². The van der Waals surface area contributed by atoms with E-state index >= 15 is 0 Å². The minimum absolute atomic E-state index is 0.150. The maximum absolute atomic E-state index is 5.66. The molecule has 1 unspecified atom stereocenters. The molecule has 0 aliphatic heterocycles. The first-order chi connectivity index (χ1) is 5.17. The Morgan fingerprint density at radius 2 is 2.27 bits per heavy atom. The maximum atomic E-state index is 5.66. The lowest BCUT2D eigenvalue weighted by molar-refractivity contribution is 0.859. The minimum Gasteiger partial charge on any atom is -0.373 e. The van der Waals surface area contributed by atoms with Crippen LogP contribution in [0.1, 0.15) is 6.92 Å². The van der Waals surface area contributed by atoms with E-state index < -0.39 is 0 Å². The Hall–Kier alpha value is -1.09. The lowest BCUT2D eigenvalue weighted by Gasteiger charge is -2.10. The second-order valence-corrected chi connectivity index (χ2v) is 2.20. The van der Waals surface area contributed by atoms with Gasteiger partial charge in [0.15, 0.2) is 0 Å². The zero-order chi connectivity index (χ0) is 8.85. The molecule has 0 aromatic rings. The van der Waals surface area contributed by atoms with E-state index in [0.717, 1.165) is 11.4 Å². The summed E-state index contributed by atoms with van der Waals surface area (Å²) in [7, 11) is 1.78. The lowest BCUT2D eigenvalue weighted by atomic mass is 10.1. The Morgan fingerprint density at radius 1 is 1.73 bits per heavy atom. The highest BCUT2D eigenvalue weighted by molar-refractivity contribution is 5.31. The van der Waals surface area contributed by atoms with E-state index in [2.05, 4.69) is 23.6 Å². The molecule has 1 atom stereocenters. The predicted octanol–water partition coefficient (Wildman–Crippen LogP) is 0.651. The van der Waals surface area contributed by atoms with Crippen molar-refractivity contribution in [3.8, 4) is 0 Å². The number of hydrogen-bond acceptors (Lipinski definition) is 3. The van der Waals surface area contributed by atoms with Gasteiger partial charge in [0.25, 0.3) is 0 Å². The average Bonchev–Trinajstić information content (AvgIpc) is 2.05. The third-order valence-electron chi connectivity index (χ3n) is 1.52. The van der Waals surface area contributed by atoms with Crippen LogP contribution in [0.25, 0.3) is 0 Å². The third-order valence-corrected chi connectivity index (χ3v) is 1.52. The van der Waals surface area contributed by atoms with E-state index in [-0.39, 0.29) is 6.04 Å². The van der Waals surface area contributed by atoms with E-state index in [4.69, 9.17) is 5.73 Å². The van der Waals surface area contributed by atoms with Gasteiger partial charge in [0, 0.05) is 13.1 Å². The first kappa shape index (κ1) is 9.91. The van der Waals surface area contributed by atoms with Crippen molar-refractivity contribution in [3.05, 3.63) is 24.0 Å². The van der Waals surface area contributed by atoms with Gasteiger partial charge in [-0.15, -0.1) is 6.58 Å². The fourth-order valence-corrected chi connectivity index (χ4v) is 0.736. The molecule has 0 spiro atoms. The molecule has 0 radical (unpaired) electrons. The zero-order valence-electron chi connectivity index (χ0n) is 7.09. The summed E-state index contributed by atoms with van der Waals surface area (Å²) in [6.45, 7) is 8.89. The highest BCUT2D eigenvalue weighted by Gasteiger charge is 2.03. The van der Waals surface area contributed by atoms with Gasteiger partial charge < -0.3 is 11.1 Å². The summed E-state index contributed by atoms with van der Waals surface area (Å²) in [5.74, 6) is 0.720. The highest BCUT2D eigenvalue weighted by atomic mass is 15.0. The first-order valence-corrected chi connectivity index (χ1v) is 3.40. The predicted molar refractivity (Wildman–Crippen MR) is 49.5 cm³/mol. The van der Waals surface area contributed by atoms with Crippen molar-refractivity contribution in [2.45, 2.75) is 13.0 Å². The van der Waals surface area contributed by atoms with Gasteiger partial charge in [-0.25, -0.2) is 4.99 Å². The van der Waals surface area contributed by atoms with Crippen LogP contribution in [0, 0.1) is 0 Å². The number of rotatable bonds is 4. The van der Waals surface area contributed by atoms with E-state index in [1.54, 1.807) is 13.1 Å². The summed E-state index contributed by atoms with van der Waals surface area (Å²) < 4.78 is 0. The molecule has 11 heavy (non-hydrogen) atoms. The molecule has 0 aliphatic carbocycles. The van der Waals surface area contributed by atoms with Crippen LogP contribution < -0.4 is 11.1 Å². The van der Waals surface area contributed by atoms with Crippen LogP contribution in [0.5, 0.6) is 0 Å². The summed E-state index contributed by atoms with van der Waals surface area (Å²) in [5.41, 5.74) is 6.61. The lowest BCUT2D eigenvalue weighted by Crippen LogP contribution is -2.22. The van der Waals surface area contributed by atoms with Gasteiger partial charge in [-0.05, 0) is 19.2 Å². The monoisotopic (exact) mass is 153 g/mol. The summed E-state index contributed by atoms with van der Waals surface area (Å²) in [5, 5.41) is 2.89. The van der Waals surface area contributed by atoms with Crippen LogP contribution in [0.4, 0.5) is 0 Å². The summed E-state index contributed by atoms with van der Waals surface area (Å²) >= 11 is 0. The van der Waals surface area contributed by atoms with E-state index in [0.29, 0.717) is 0 Å². The van der Waals surface area contributed by atoms with Crippen LogP contribution in [-0.4, -0.2) is 19.8 Å². The minimum atomic E-state index is -0.150. The second kappa shape index (κ2) is 4.68. The fraction of sp³-hybridized carbons (Fsp3) is 0.375. The summed E-state index contributed by atoms with van der Waals surface area (Å²) in [6.07, 6.45) is 1.66. The summed E-state index contributed by atoms with van der Waals surface area (Å²) in [6, 6.07) is -0.150. The molecule has 3 N–H and O–H groups in total. The van der Waals surface area contributed by atoms with Gasteiger partial charge in [0.1, 0.15) is 5.82 Å². The molecule has 3 heteroatoms. The number of hydrogen-bond donors (Lipinski definition) is 2. The fourth-order valence-electron chi connectivity index (χ4n) is 0.736. The molecule has 0 amide bonds. The van der Waals surface area contributed by atoms with Gasteiger partial charge >= 0.3 is 0 Å². The zero-order valence-corrected chi connectivity index (χ0v) is 7.09. The SMILES string of the molecule is C=CC(N)/C(C)=C(\N=C)NC. The van der Waals surface area contributed by atoms with E-state index in [9.17, 15) is 0 Å². The van der Waals surface area contributed by atoms with Gasteiger partial charge in [-0.2, -0.15) is 0 Å². The van der Waals surface area contributed by atoms with Crippen molar-refractivity contribution in [2.75, 3.05) is 7.05 Å². The highest BCUT2D eigenvalue weighted by Crippen LogP contribution is 2.05. The second-order valence-electron chi connectivity index (χ2n) is 2.20. The molecule has 3 nitrogen and oxygen atoms in total. The number of nitrogens with zero attached hydrogens (tertiary/aromatic N) is 1. The van der Waals surface area contributed by atoms with Crippen LogP contribution in [-0.2, 0) is 0 Å². The quantitative estimate of drug-likeness (QED) is 0.460. The maximum Gasteiger partial charge on any atom is 0.125 e. The molecule has 0 saturated carbocycles. The molecule has 0 bridgehead atoms. The largest absolute Gasteiger partial charge is 0.373 e. The molecule has 0 saturated heterocycles. The molecule has 0 aliphatic rings. The molecule has 0 fully saturated rings. The first-order valence-electron chi connectivity index (χ1n) is 3.40. The summed E-state index contributed by atoms with van der Waals surface area (Å²) in [4.78, 5) is 3.77. The molecule has 0 aromatic carbocycles. The molecular weight excluding hydrogens is 138 g/mol. The smallest absolute Gasteiger partial charge is 0.125 e. The van der Waals surface area contributed by atoms with Crippen LogP contribution in [0.15, 0.2) is 29.0 Å². The molecule has 0 aromatic heterocycles. The Kier molecular flexibility index (Phi) is 4.22. The number of nitrogens with two attached hydrogens (primary N) is 1. The van der Waals surface area contributed by atoms with Crippen LogP contribution >= 0.6 is 0 Å². The average molecular weight is 153 g/mol. The Morgan fingerprint density at radius 3 is 2.55 bits per heavy atom. The van der Waals surface area contributed by atoms with Crippen molar-refractivity contribution >= 4 is 6.72 Å². The van der Waals surface area contributed by atoms with Gasteiger partial charge in [-0.1, -0.05) is 6.08 Å². The Labute approximate surface area is 67.7 Å². The van der Waals surface area contributed by atoms with E-state index in [1.807, 2.05) is 6.92 Å². The van der Waals surface area contributed by atoms with Gasteiger partial charge in [0.05, 0.1) is 0 Å². The topological polar surface area (TPSA) is 50.4 Å².